The molecule has 0 unspecified atom stereocenters. The van der Waals surface area contributed by atoms with Crippen molar-refractivity contribution >= 4 is 6.03 Å². The molecule has 2 N–H and O–H groups in total. The Morgan fingerprint density at radius 2 is 2.46 bits per heavy atom. The molecule has 0 aliphatic rings. The summed E-state index contributed by atoms with van der Waals surface area (Å²) >= 11 is 0. The molecule has 0 aliphatic heterocycles. The Morgan fingerprint density at radius 1 is 1.62 bits per heavy atom. The summed E-state index contributed by atoms with van der Waals surface area (Å²) in [7, 11) is 1.60. The summed E-state index contributed by atoms with van der Waals surface area (Å²) in [5, 5.41) is 5.19. The number of rotatable bonds is 3. The Morgan fingerprint density at radius 3 is 3.08 bits per heavy atom. The van der Waals surface area contributed by atoms with Crippen molar-refractivity contribution in [3.63, 3.8) is 0 Å². The fraction of sp³-hybridized carbons (Fsp3) is 0.333. The molecular weight excluding hydrogens is 166 g/mol. The lowest BCUT2D eigenvalue weighted by atomic mass is 10.2. The van der Waals surface area contributed by atoms with Crippen molar-refractivity contribution in [2.45, 2.75) is 6.42 Å². The molecule has 0 aliphatic carbocycles. The molecule has 1 rings (SSSR count). The molecule has 1 aromatic heterocycles. The SMILES string of the molecule is CNC(=O)NCCc1cccnc1. The van der Waals surface area contributed by atoms with Gasteiger partial charge in [-0.25, -0.2) is 4.79 Å². The van der Waals surface area contributed by atoms with Gasteiger partial charge in [0, 0.05) is 26.0 Å². The quantitative estimate of drug-likeness (QED) is 0.712. The van der Waals surface area contributed by atoms with E-state index in [9.17, 15) is 4.79 Å². The maximum absolute atomic E-state index is 10.8. The Labute approximate surface area is 77.4 Å². The van der Waals surface area contributed by atoms with Crippen LogP contribution in [-0.2, 0) is 6.42 Å². The van der Waals surface area contributed by atoms with E-state index in [1.54, 1.807) is 19.4 Å². The first-order valence-corrected chi connectivity index (χ1v) is 4.17. The number of hydrogen-bond acceptors (Lipinski definition) is 2. The van der Waals surface area contributed by atoms with E-state index in [1.165, 1.54) is 0 Å². The minimum atomic E-state index is -0.149. The van der Waals surface area contributed by atoms with Crippen molar-refractivity contribution in [2.75, 3.05) is 13.6 Å². The molecule has 4 heteroatoms. The number of nitrogens with zero attached hydrogens (tertiary/aromatic N) is 1. The first-order chi connectivity index (χ1) is 6.33. The van der Waals surface area contributed by atoms with E-state index in [2.05, 4.69) is 15.6 Å². The van der Waals surface area contributed by atoms with Crippen molar-refractivity contribution < 1.29 is 4.79 Å². The van der Waals surface area contributed by atoms with E-state index < -0.39 is 0 Å². The third-order valence-corrected chi connectivity index (χ3v) is 1.65. The Balaban J connectivity index is 2.24. The van der Waals surface area contributed by atoms with E-state index in [4.69, 9.17) is 0 Å². The van der Waals surface area contributed by atoms with Crippen LogP contribution in [0.3, 0.4) is 0 Å². The molecule has 70 valence electrons. The summed E-state index contributed by atoms with van der Waals surface area (Å²) in [5.41, 5.74) is 1.12. The van der Waals surface area contributed by atoms with Crippen LogP contribution >= 0.6 is 0 Å². The van der Waals surface area contributed by atoms with Crippen molar-refractivity contribution in [3.8, 4) is 0 Å². The molecule has 1 aromatic rings. The van der Waals surface area contributed by atoms with Crippen LogP contribution in [-0.4, -0.2) is 24.6 Å². The second-order valence-corrected chi connectivity index (χ2v) is 2.62. The Kier molecular flexibility index (Phi) is 3.75. The van der Waals surface area contributed by atoms with Gasteiger partial charge in [-0.05, 0) is 18.1 Å². The highest BCUT2D eigenvalue weighted by Gasteiger charge is 1.95. The third-order valence-electron chi connectivity index (χ3n) is 1.65. The molecule has 0 fully saturated rings. The van der Waals surface area contributed by atoms with Crippen molar-refractivity contribution in [1.82, 2.24) is 15.6 Å². The summed E-state index contributed by atoms with van der Waals surface area (Å²) in [5.74, 6) is 0. The van der Waals surface area contributed by atoms with Gasteiger partial charge in [0.2, 0.25) is 0 Å². The zero-order chi connectivity index (χ0) is 9.52. The van der Waals surface area contributed by atoms with Crippen LogP contribution in [0.4, 0.5) is 4.79 Å². The summed E-state index contributed by atoms with van der Waals surface area (Å²) in [6.45, 7) is 0.630. The Bertz CT molecular complexity index is 261. The molecule has 13 heavy (non-hydrogen) atoms. The minimum Gasteiger partial charge on any atom is -0.341 e. The number of urea groups is 1. The number of nitrogens with one attached hydrogen (secondary N) is 2. The van der Waals surface area contributed by atoms with Crippen LogP contribution < -0.4 is 10.6 Å². The molecule has 0 spiro atoms. The molecule has 0 radical (unpaired) electrons. The number of carbonyl (C=O) groups excluding carboxylic acids is 1. The largest absolute Gasteiger partial charge is 0.341 e. The average molecular weight is 179 g/mol. The molecule has 0 saturated heterocycles. The summed E-state index contributed by atoms with van der Waals surface area (Å²) < 4.78 is 0. The van der Waals surface area contributed by atoms with E-state index in [0.29, 0.717) is 6.54 Å². The van der Waals surface area contributed by atoms with Crippen molar-refractivity contribution in [1.29, 1.82) is 0 Å². The van der Waals surface area contributed by atoms with Gasteiger partial charge in [0.05, 0.1) is 0 Å². The molecule has 1 heterocycles. The molecule has 4 nitrogen and oxygen atoms in total. The molecule has 0 aromatic carbocycles. The van der Waals surface area contributed by atoms with Gasteiger partial charge in [-0.15, -0.1) is 0 Å². The molecule has 2 amide bonds. The number of aromatic nitrogens is 1. The normalized spacial score (nSPS) is 9.31. The zero-order valence-electron chi connectivity index (χ0n) is 7.58. The van der Waals surface area contributed by atoms with Gasteiger partial charge < -0.3 is 10.6 Å². The standard InChI is InChI=1S/C9H13N3O/c1-10-9(13)12-6-4-8-3-2-5-11-7-8/h2-3,5,7H,4,6H2,1H3,(H2,10,12,13). The molecule has 0 atom stereocenters. The molecular formula is C9H13N3O. The highest BCUT2D eigenvalue weighted by atomic mass is 16.2. The molecule has 0 bridgehead atoms. The van der Waals surface area contributed by atoms with Crippen LogP contribution in [0.1, 0.15) is 5.56 Å². The number of pyridine rings is 1. The number of hydrogen-bond donors (Lipinski definition) is 2. The van der Waals surface area contributed by atoms with Gasteiger partial charge in [0.1, 0.15) is 0 Å². The van der Waals surface area contributed by atoms with Crippen LogP contribution in [0.5, 0.6) is 0 Å². The third kappa shape index (κ3) is 3.55. The fourth-order valence-corrected chi connectivity index (χ4v) is 0.955. The van der Waals surface area contributed by atoms with Gasteiger partial charge in [-0.1, -0.05) is 6.07 Å². The highest BCUT2D eigenvalue weighted by Crippen LogP contribution is 1.94. The second kappa shape index (κ2) is 5.13. The van der Waals surface area contributed by atoms with Crippen LogP contribution in [0.25, 0.3) is 0 Å². The van der Waals surface area contributed by atoms with Crippen molar-refractivity contribution in [2.24, 2.45) is 0 Å². The molecule has 0 saturated carbocycles. The predicted molar refractivity (Wildman–Crippen MR) is 50.4 cm³/mol. The smallest absolute Gasteiger partial charge is 0.314 e. The predicted octanol–water partition coefficient (Wildman–Crippen LogP) is 0.553. The van der Waals surface area contributed by atoms with Gasteiger partial charge in [0.15, 0.2) is 0 Å². The van der Waals surface area contributed by atoms with E-state index >= 15 is 0 Å². The maximum atomic E-state index is 10.8. The highest BCUT2D eigenvalue weighted by molar-refractivity contribution is 5.73. The van der Waals surface area contributed by atoms with Crippen LogP contribution in [0, 0.1) is 0 Å². The first kappa shape index (κ1) is 9.51. The fourth-order valence-electron chi connectivity index (χ4n) is 0.955. The van der Waals surface area contributed by atoms with Crippen molar-refractivity contribution in [3.05, 3.63) is 30.1 Å². The lowest BCUT2D eigenvalue weighted by molar-refractivity contribution is 0.243. The van der Waals surface area contributed by atoms with E-state index in [0.717, 1.165) is 12.0 Å². The summed E-state index contributed by atoms with van der Waals surface area (Å²) in [4.78, 5) is 14.7. The monoisotopic (exact) mass is 179 g/mol. The van der Waals surface area contributed by atoms with E-state index in [1.807, 2.05) is 12.1 Å². The maximum Gasteiger partial charge on any atom is 0.314 e. The Hall–Kier alpha value is -1.58. The topological polar surface area (TPSA) is 54.0 Å². The lowest BCUT2D eigenvalue weighted by Gasteiger charge is -2.03. The summed E-state index contributed by atoms with van der Waals surface area (Å²) in [6.07, 6.45) is 4.34. The minimum absolute atomic E-state index is 0.149. The number of amides is 2. The van der Waals surface area contributed by atoms with Crippen LogP contribution in [0.2, 0.25) is 0 Å². The van der Waals surface area contributed by atoms with Gasteiger partial charge >= 0.3 is 6.03 Å². The van der Waals surface area contributed by atoms with Gasteiger partial charge in [0.25, 0.3) is 0 Å². The summed E-state index contributed by atoms with van der Waals surface area (Å²) in [6, 6.07) is 3.72. The van der Waals surface area contributed by atoms with Gasteiger partial charge in [-0.2, -0.15) is 0 Å². The lowest BCUT2D eigenvalue weighted by Crippen LogP contribution is -2.33. The number of carbonyl (C=O) groups is 1. The first-order valence-electron chi connectivity index (χ1n) is 4.17. The van der Waals surface area contributed by atoms with Gasteiger partial charge in [-0.3, -0.25) is 4.98 Å². The van der Waals surface area contributed by atoms with E-state index in [-0.39, 0.29) is 6.03 Å². The van der Waals surface area contributed by atoms with Crippen LogP contribution in [0.15, 0.2) is 24.5 Å². The zero-order valence-corrected chi connectivity index (χ0v) is 7.58. The second-order valence-electron chi connectivity index (χ2n) is 2.62. The average Bonchev–Trinajstić information content (AvgIpc) is 2.19.